The summed E-state index contributed by atoms with van der Waals surface area (Å²) >= 11 is 0. The molecule has 19 heavy (non-hydrogen) atoms. The van der Waals surface area contributed by atoms with Crippen molar-refractivity contribution in [2.45, 2.75) is 25.0 Å². The van der Waals surface area contributed by atoms with Gasteiger partial charge in [-0.05, 0) is 19.1 Å². The van der Waals surface area contributed by atoms with Crippen LogP contribution < -0.4 is 0 Å². The fourth-order valence-electron chi connectivity index (χ4n) is 2.13. The molecule has 1 aromatic rings. The molecule has 104 valence electrons. The highest BCUT2D eigenvalue weighted by atomic mass is 35.7. The second-order valence-corrected chi connectivity index (χ2v) is 7.57. The molecule has 1 aliphatic rings. The van der Waals surface area contributed by atoms with Crippen LogP contribution >= 0.6 is 10.7 Å². The van der Waals surface area contributed by atoms with Gasteiger partial charge in [0.25, 0.3) is 0 Å². The molecule has 1 atom stereocenters. The second kappa shape index (κ2) is 5.46. The summed E-state index contributed by atoms with van der Waals surface area (Å²) in [5.41, 5.74) is 1.82. The number of halogens is 1. The normalized spacial score (nSPS) is 20.0. The molecule has 1 aromatic heterocycles. The van der Waals surface area contributed by atoms with Crippen molar-refractivity contribution in [2.24, 2.45) is 0 Å². The van der Waals surface area contributed by atoms with Crippen molar-refractivity contribution in [1.82, 2.24) is 9.88 Å². The van der Waals surface area contributed by atoms with Crippen molar-refractivity contribution in [3.05, 3.63) is 29.6 Å². The third-order valence-corrected chi connectivity index (χ3v) is 5.03. The summed E-state index contributed by atoms with van der Waals surface area (Å²) in [7, 11) is 1.63. The highest BCUT2D eigenvalue weighted by Gasteiger charge is 2.36. The molecule has 5 nitrogen and oxygen atoms in total. The smallest absolute Gasteiger partial charge is 0.237 e. The highest BCUT2D eigenvalue weighted by Crippen LogP contribution is 2.21. The van der Waals surface area contributed by atoms with Gasteiger partial charge in [-0.2, -0.15) is 0 Å². The summed E-state index contributed by atoms with van der Waals surface area (Å²) < 4.78 is 22.4. The van der Waals surface area contributed by atoms with E-state index < -0.39 is 14.3 Å². The Bertz CT molecular complexity index is 588. The zero-order chi connectivity index (χ0) is 14.0. The maximum absolute atomic E-state index is 11.7. The molecule has 0 aromatic carbocycles. The van der Waals surface area contributed by atoms with Crippen molar-refractivity contribution in [3.63, 3.8) is 0 Å². The number of carbonyl (C=O) groups is 1. The van der Waals surface area contributed by atoms with E-state index in [2.05, 4.69) is 4.98 Å². The third kappa shape index (κ3) is 3.67. The van der Waals surface area contributed by atoms with Gasteiger partial charge in [0.05, 0.1) is 0 Å². The molecular weight excluding hydrogens is 288 g/mol. The molecule has 0 saturated carbocycles. The standard InChI is InChI=1S/C12H15ClN2O3S/c1-9-3-2-4-10(14-9)5-6-15-8-11(7-12(15)16)19(13,17)18/h2-4,11H,5-8H2,1H3. The number of hydrogen-bond donors (Lipinski definition) is 0. The van der Waals surface area contributed by atoms with E-state index in [-0.39, 0.29) is 18.9 Å². The van der Waals surface area contributed by atoms with Crippen molar-refractivity contribution >= 4 is 25.6 Å². The molecular formula is C12H15ClN2O3S. The van der Waals surface area contributed by atoms with Crippen LogP contribution in [0.1, 0.15) is 17.8 Å². The average Bonchev–Trinajstić information content (AvgIpc) is 2.68. The van der Waals surface area contributed by atoms with Gasteiger partial charge in [-0.1, -0.05) is 6.07 Å². The van der Waals surface area contributed by atoms with Gasteiger partial charge in [0.2, 0.25) is 15.0 Å². The minimum absolute atomic E-state index is 0.0208. The number of aromatic nitrogens is 1. The Hall–Kier alpha value is -1.14. The largest absolute Gasteiger partial charge is 0.341 e. The van der Waals surface area contributed by atoms with Crippen LogP contribution in [0.3, 0.4) is 0 Å². The molecule has 1 amide bonds. The van der Waals surface area contributed by atoms with Crippen LogP contribution in [0.2, 0.25) is 0 Å². The maximum atomic E-state index is 11.7. The molecule has 1 aliphatic heterocycles. The van der Waals surface area contributed by atoms with Crippen LogP contribution in [0.5, 0.6) is 0 Å². The summed E-state index contributed by atoms with van der Waals surface area (Å²) in [6.45, 7) is 2.55. The molecule has 0 bridgehead atoms. The van der Waals surface area contributed by atoms with Crippen LogP contribution in [0.25, 0.3) is 0 Å². The van der Waals surface area contributed by atoms with Gasteiger partial charge in [0.15, 0.2) is 0 Å². The zero-order valence-corrected chi connectivity index (χ0v) is 12.1. The highest BCUT2D eigenvalue weighted by molar-refractivity contribution is 8.14. The minimum atomic E-state index is -3.66. The number of likely N-dealkylation sites (tertiary alicyclic amines) is 1. The summed E-state index contributed by atoms with van der Waals surface area (Å²) in [5.74, 6) is -0.165. The summed E-state index contributed by atoms with van der Waals surface area (Å²) in [6.07, 6.45) is 0.593. The van der Waals surface area contributed by atoms with Gasteiger partial charge in [-0.3, -0.25) is 9.78 Å². The fourth-order valence-corrected chi connectivity index (χ4v) is 3.19. The molecule has 2 heterocycles. The predicted octanol–water partition coefficient (Wildman–Crippen LogP) is 1.10. The molecule has 2 rings (SSSR count). The molecule has 7 heteroatoms. The molecule has 0 aliphatic carbocycles. The number of amides is 1. The van der Waals surface area contributed by atoms with E-state index in [4.69, 9.17) is 10.7 Å². The van der Waals surface area contributed by atoms with Crippen LogP contribution in [0.15, 0.2) is 18.2 Å². The number of pyridine rings is 1. The van der Waals surface area contributed by atoms with Gasteiger partial charge in [-0.15, -0.1) is 0 Å². The minimum Gasteiger partial charge on any atom is -0.341 e. The lowest BCUT2D eigenvalue weighted by Gasteiger charge is -2.15. The quantitative estimate of drug-likeness (QED) is 0.781. The first-order valence-electron chi connectivity index (χ1n) is 6.00. The average molecular weight is 303 g/mol. The van der Waals surface area contributed by atoms with Crippen LogP contribution in [0.4, 0.5) is 0 Å². The lowest BCUT2D eigenvalue weighted by atomic mass is 10.2. The van der Waals surface area contributed by atoms with Gasteiger partial charge in [0, 0.05) is 48.0 Å². The topological polar surface area (TPSA) is 67.3 Å². The zero-order valence-electron chi connectivity index (χ0n) is 10.5. The lowest BCUT2D eigenvalue weighted by molar-refractivity contribution is -0.127. The number of carbonyl (C=O) groups excluding carboxylic acids is 1. The molecule has 1 saturated heterocycles. The fraction of sp³-hybridized carbons (Fsp3) is 0.500. The first-order chi connectivity index (χ1) is 8.86. The first-order valence-corrected chi connectivity index (χ1v) is 8.37. The van der Waals surface area contributed by atoms with Crippen molar-refractivity contribution in [2.75, 3.05) is 13.1 Å². The molecule has 0 N–H and O–H groups in total. The van der Waals surface area contributed by atoms with E-state index >= 15 is 0 Å². The third-order valence-electron chi connectivity index (χ3n) is 3.16. The Balaban J connectivity index is 1.96. The van der Waals surface area contributed by atoms with E-state index in [1.54, 1.807) is 0 Å². The van der Waals surface area contributed by atoms with Crippen LogP contribution in [-0.4, -0.2) is 42.5 Å². The summed E-state index contributed by atoms with van der Waals surface area (Å²) in [6, 6.07) is 5.71. The number of aryl methyl sites for hydroxylation is 1. The van der Waals surface area contributed by atoms with E-state index in [1.807, 2.05) is 25.1 Å². The first kappa shape index (κ1) is 14.3. The Morgan fingerprint density at radius 1 is 1.47 bits per heavy atom. The van der Waals surface area contributed by atoms with Crippen LogP contribution in [0, 0.1) is 6.92 Å². The number of hydrogen-bond acceptors (Lipinski definition) is 4. The van der Waals surface area contributed by atoms with Gasteiger partial charge < -0.3 is 4.90 Å². The van der Waals surface area contributed by atoms with Crippen molar-refractivity contribution in [1.29, 1.82) is 0 Å². The Kier molecular flexibility index (Phi) is 4.10. The van der Waals surface area contributed by atoms with Crippen molar-refractivity contribution < 1.29 is 13.2 Å². The number of rotatable bonds is 4. The van der Waals surface area contributed by atoms with E-state index in [0.717, 1.165) is 11.4 Å². The monoisotopic (exact) mass is 302 g/mol. The lowest BCUT2D eigenvalue weighted by Crippen LogP contribution is -2.29. The maximum Gasteiger partial charge on any atom is 0.237 e. The SMILES string of the molecule is Cc1cccc(CCN2CC(S(=O)(=O)Cl)CC2=O)n1. The second-order valence-electron chi connectivity index (χ2n) is 4.66. The Morgan fingerprint density at radius 3 is 2.79 bits per heavy atom. The molecule has 0 radical (unpaired) electrons. The summed E-state index contributed by atoms with van der Waals surface area (Å²) in [4.78, 5) is 17.6. The molecule has 0 spiro atoms. The number of nitrogens with zero attached hydrogens (tertiary/aromatic N) is 2. The molecule has 1 unspecified atom stereocenters. The van der Waals surface area contributed by atoms with Crippen molar-refractivity contribution in [3.8, 4) is 0 Å². The van der Waals surface area contributed by atoms with Gasteiger partial charge in [-0.25, -0.2) is 8.42 Å². The van der Waals surface area contributed by atoms with E-state index in [0.29, 0.717) is 13.0 Å². The van der Waals surface area contributed by atoms with E-state index in [9.17, 15) is 13.2 Å². The Morgan fingerprint density at radius 2 is 2.21 bits per heavy atom. The summed E-state index contributed by atoms with van der Waals surface area (Å²) in [5, 5.41) is -0.785. The predicted molar refractivity (Wildman–Crippen MR) is 72.4 cm³/mol. The van der Waals surface area contributed by atoms with Gasteiger partial charge in [0.1, 0.15) is 5.25 Å². The van der Waals surface area contributed by atoms with Gasteiger partial charge >= 0.3 is 0 Å². The van der Waals surface area contributed by atoms with Crippen LogP contribution in [-0.2, 0) is 20.3 Å². The van der Waals surface area contributed by atoms with E-state index in [1.165, 1.54) is 4.90 Å². The molecule has 1 fully saturated rings. The Labute approximate surface area is 117 Å².